The summed E-state index contributed by atoms with van der Waals surface area (Å²) < 4.78 is 6.08. The topological polar surface area (TPSA) is 93.1 Å². The van der Waals surface area contributed by atoms with E-state index in [2.05, 4.69) is 25.3 Å². The van der Waals surface area contributed by atoms with Gasteiger partial charge in [-0.1, -0.05) is 18.2 Å². The highest BCUT2D eigenvalue weighted by Gasteiger charge is 2.28. The number of aryl methyl sites for hydroxylation is 1. The molecule has 0 unspecified atom stereocenters. The standard InChI is InChI=1S/C27H26N6O2/c1-19-5-2-8-23(17-19)35-25-24(28-13-14-29-25)20-9-15-33(16-10-20)26(34)21-6-3-7-22(18-21)32-27-30-11-4-12-31-27/h2-8,11-14,17-18,20H,9-10,15-16H2,1H3,(H,30,31,32). The molecule has 1 amide bonds. The summed E-state index contributed by atoms with van der Waals surface area (Å²) in [5, 5.41) is 3.14. The normalized spacial score (nSPS) is 13.9. The summed E-state index contributed by atoms with van der Waals surface area (Å²) in [5.74, 6) is 1.95. The first-order chi connectivity index (χ1) is 17.2. The van der Waals surface area contributed by atoms with E-state index in [0.29, 0.717) is 30.5 Å². The van der Waals surface area contributed by atoms with Crippen LogP contribution in [0, 0.1) is 6.92 Å². The van der Waals surface area contributed by atoms with Gasteiger partial charge in [-0.2, -0.15) is 0 Å². The third-order valence-electron chi connectivity index (χ3n) is 6.00. The average molecular weight is 467 g/mol. The van der Waals surface area contributed by atoms with E-state index in [9.17, 15) is 4.79 Å². The van der Waals surface area contributed by atoms with Gasteiger partial charge in [0.15, 0.2) is 0 Å². The van der Waals surface area contributed by atoms with Crippen molar-refractivity contribution in [3.63, 3.8) is 0 Å². The summed E-state index contributed by atoms with van der Waals surface area (Å²) in [6, 6.07) is 17.1. The van der Waals surface area contributed by atoms with E-state index in [4.69, 9.17) is 4.74 Å². The molecule has 2 aromatic heterocycles. The number of aromatic nitrogens is 4. The molecule has 1 aliphatic rings. The number of hydrogen-bond acceptors (Lipinski definition) is 7. The molecule has 0 spiro atoms. The number of nitrogens with one attached hydrogen (secondary N) is 1. The molecule has 4 aromatic rings. The molecule has 35 heavy (non-hydrogen) atoms. The Bertz CT molecular complexity index is 1310. The van der Waals surface area contributed by atoms with E-state index < -0.39 is 0 Å². The zero-order chi connectivity index (χ0) is 24.0. The summed E-state index contributed by atoms with van der Waals surface area (Å²) in [6.45, 7) is 3.31. The third-order valence-corrected chi connectivity index (χ3v) is 6.00. The van der Waals surface area contributed by atoms with Crippen LogP contribution in [0.3, 0.4) is 0 Å². The lowest BCUT2D eigenvalue weighted by atomic mass is 9.93. The number of rotatable bonds is 6. The van der Waals surface area contributed by atoms with Crippen molar-refractivity contribution in [1.82, 2.24) is 24.8 Å². The first-order valence-electron chi connectivity index (χ1n) is 11.6. The van der Waals surface area contributed by atoms with E-state index in [0.717, 1.165) is 35.5 Å². The average Bonchev–Trinajstić information content (AvgIpc) is 2.90. The lowest BCUT2D eigenvalue weighted by molar-refractivity contribution is 0.0711. The molecule has 0 saturated carbocycles. The van der Waals surface area contributed by atoms with Crippen LogP contribution in [-0.4, -0.2) is 43.8 Å². The van der Waals surface area contributed by atoms with Crippen molar-refractivity contribution < 1.29 is 9.53 Å². The number of carbonyl (C=O) groups is 1. The number of piperidine rings is 1. The van der Waals surface area contributed by atoms with Crippen LogP contribution in [0.2, 0.25) is 0 Å². The molecule has 1 fully saturated rings. The largest absolute Gasteiger partial charge is 0.437 e. The fourth-order valence-corrected chi connectivity index (χ4v) is 4.25. The van der Waals surface area contributed by atoms with Gasteiger partial charge in [-0.3, -0.25) is 9.78 Å². The van der Waals surface area contributed by atoms with E-state index >= 15 is 0 Å². The van der Waals surface area contributed by atoms with Crippen LogP contribution >= 0.6 is 0 Å². The minimum atomic E-state index is 0.0106. The SMILES string of the molecule is Cc1cccc(Oc2nccnc2C2CCN(C(=O)c3cccc(Nc4ncccn4)c3)CC2)c1. The molecule has 0 aliphatic carbocycles. The predicted octanol–water partition coefficient (Wildman–Crippen LogP) is 5.13. The van der Waals surface area contributed by atoms with Gasteiger partial charge in [0.1, 0.15) is 11.4 Å². The van der Waals surface area contributed by atoms with Crippen LogP contribution in [0.4, 0.5) is 11.6 Å². The van der Waals surface area contributed by atoms with E-state index in [1.54, 1.807) is 30.9 Å². The van der Waals surface area contributed by atoms with Crippen molar-refractivity contribution in [3.8, 4) is 11.6 Å². The van der Waals surface area contributed by atoms with Crippen molar-refractivity contribution in [1.29, 1.82) is 0 Å². The van der Waals surface area contributed by atoms with Crippen LogP contribution in [0.15, 0.2) is 79.4 Å². The number of nitrogens with zero attached hydrogens (tertiary/aromatic N) is 5. The van der Waals surface area contributed by atoms with E-state index in [1.807, 2.05) is 60.4 Å². The maximum atomic E-state index is 13.2. The van der Waals surface area contributed by atoms with Gasteiger partial charge in [0.25, 0.3) is 5.91 Å². The Morgan fingerprint density at radius 2 is 1.69 bits per heavy atom. The molecule has 8 heteroatoms. The maximum Gasteiger partial charge on any atom is 0.253 e. The number of hydrogen-bond donors (Lipinski definition) is 1. The zero-order valence-corrected chi connectivity index (χ0v) is 19.5. The molecule has 5 rings (SSSR count). The van der Waals surface area contributed by atoms with Crippen molar-refractivity contribution in [2.45, 2.75) is 25.7 Å². The monoisotopic (exact) mass is 466 g/mol. The molecule has 2 aromatic carbocycles. The van der Waals surface area contributed by atoms with Crippen LogP contribution in [-0.2, 0) is 0 Å². The van der Waals surface area contributed by atoms with Crippen LogP contribution in [0.1, 0.15) is 40.4 Å². The van der Waals surface area contributed by atoms with E-state index in [1.165, 1.54) is 0 Å². The fourth-order valence-electron chi connectivity index (χ4n) is 4.25. The van der Waals surface area contributed by atoms with Crippen LogP contribution < -0.4 is 10.1 Å². The Labute approximate surface area is 204 Å². The molecule has 176 valence electrons. The number of likely N-dealkylation sites (tertiary alicyclic amines) is 1. The number of amides is 1. The number of anilines is 2. The van der Waals surface area contributed by atoms with Gasteiger partial charge >= 0.3 is 0 Å². The molecule has 1 saturated heterocycles. The van der Waals surface area contributed by atoms with Crippen molar-refractivity contribution in [2.75, 3.05) is 18.4 Å². The van der Waals surface area contributed by atoms with Gasteiger partial charge in [0.2, 0.25) is 11.8 Å². The second-order valence-electron chi connectivity index (χ2n) is 8.51. The van der Waals surface area contributed by atoms with Gasteiger partial charge in [0.05, 0.1) is 0 Å². The predicted molar refractivity (Wildman–Crippen MR) is 133 cm³/mol. The molecule has 0 radical (unpaired) electrons. The smallest absolute Gasteiger partial charge is 0.253 e. The molecular formula is C27H26N6O2. The van der Waals surface area contributed by atoms with Gasteiger partial charge in [0, 0.05) is 55.0 Å². The number of benzene rings is 2. The highest BCUT2D eigenvalue weighted by molar-refractivity contribution is 5.95. The lowest BCUT2D eigenvalue weighted by Crippen LogP contribution is -2.38. The third kappa shape index (κ3) is 5.43. The van der Waals surface area contributed by atoms with Crippen molar-refractivity contribution in [3.05, 3.63) is 96.2 Å². The van der Waals surface area contributed by atoms with Crippen molar-refractivity contribution >= 4 is 17.5 Å². The summed E-state index contributed by atoms with van der Waals surface area (Å²) in [4.78, 5) is 32.5. The fraction of sp³-hybridized carbons (Fsp3) is 0.222. The van der Waals surface area contributed by atoms with Gasteiger partial charge in [-0.15, -0.1) is 0 Å². The molecule has 8 nitrogen and oxygen atoms in total. The first kappa shape index (κ1) is 22.5. The minimum Gasteiger partial charge on any atom is -0.437 e. The van der Waals surface area contributed by atoms with Crippen LogP contribution in [0.25, 0.3) is 0 Å². The van der Waals surface area contributed by atoms with Crippen LogP contribution in [0.5, 0.6) is 11.6 Å². The first-order valence-corrected chi connectivity index (χ1v) is 11.6. The highest BCUT2D eigenvalue weighted by atomic mass is 16.5. The quantitative estimate of drug-likeness (QED) is 0.421. The highest BCUT2D eigenvalue weighted by Crippen LogP contribution is 2.34. The molecule has 1 aliphatic heterocycles. The zero-order valence-electron chi connectivity index (χ0n) is 19.5. The maximum absolute atomic E-state index is 13.2. The summed E-state index contributed by atoms with van der Waals surface area (Å²) in [7, 11) is 0. The molecule has 3 heterocycles. The second kappa shape index (κ2) is 10.3. The van der Waals surface area contributed by atoms with Gasteiger partial charge in [-0.05, 0) is 61.7 Å². The Morgan fingerprint density at radius 1 is 0.914 bits per heavy atom. The lowest BCUT2D eigenvalue weighted by Gasteiger charge is -2.32. The molecular weight excluding hydrogens is 440 g/mol. The number of ether oxygens (including phenoxy) is 1. The summed E-state index contributed by atoms with van der Waals surface area (Å²) in [5.41, 5.74) is 3.37. The molecule has 1 N–H and O–H groups in total. The number of carbonyl (C=O) groups excluding carboxylic acids is 1. The van der Waals surface area contributed by atoms with Gasteiger partial charge < -0.3 is 15.0 Å². The van der Waals surface area contributed by atoms with E-state index in [-0.39, 0.29) is 11.8 Å². The second-order valence-corrected chi connectivity index (χ2v) is 8.51. The Hall–Kier alpha value is -4.33. The molecule has 0 atom stereocenters. The van der Waals surface area contributed by atoms with Crippen molar-refractivity contribution in [2.24, 2.45) is 0 Å². The summed E-state index contributed by atoms with van der Waals surface area (Å²) in [6.07, 6.45) is 8.28. The molecule has 0 bridgehead atoms. The minimum absolute atomic E-state index is 0.0106. The Balaban J connectivity index is 1.24. The van der Waals surface area contributed by atoms with Gasteiger partial charge in [-0.25, -0.2) is 15.0 Å². The Kier molecular flexibility index (Phi) is 6.61. The summed E-state index contributed by atoms with van der Waals surface area (Å²) >= 11 is 0. The Morgan fingerprint density at radius 3 is 2.49 bits per heavy atom.